The van der Waals surface area contributed by atoms with Crippen LogP contribution in [-0.2, 0) is 12.4 Å². The Hall–Kier alpha value is -1.06. The third kappa shape index (κ3) is 5.46. The maximum atomic E-state index is 13.3. The molecule has 1 N–H and O–H groups in total. The van der Waals surface area contributed by atoms with Gasteiger partial charge < -0.3 is 5.32 Å². The second-order valence-electron chi connectivity index (χ2n) is 5.58. The van der Waals surface area contributed by atoms with Gasteiger partial charge in [-0.25, -0.2) is 0 Å². The van der Waals surface area contributed by atoms with Crippen LogP contribution in [0.25, 0.3) is 0 Å². The van der Waals surface area contributed by atoms with Gasteiger partial charge in [-0.15, -0.1) is 12.4 Å². The number of rotatable bonds is 4. The van der Waals surface area contributed by atoms with Crippen molar-refractivity contribution in [2.75, 3.05) is 32.9 Å². The van der Waals surface area contributed by atoms with Crippen molar-refractivity contribution in [3.63, 3.8) is 0 Å². The second kappa shape index (κ2) is 8.55. The summed E-state index contributed by atoms with van der Waals surface area (Å²) >= 11 is 0. The van der Waals surface area contributed by atoms with Crippen LogP contribution in [0.5, 0.6) is 0 Å². The number of piperazine rings is 1. The van der Waals surface area contributed by atoms with Gasteiger partial charge in [0.2, 0.25) is 0 Å². The Morgan fingerprint density at radius 2 is 1.60 bits per heavy atom. The number of nitrogens with zero attached hydrogens (tertiary/aromatic N) is 1. The van der Waals surface area contributed by atoms with E-state index in [1.807, 2.05) is 0 Å². The van der Waals surface area contributed by atoms with Gasteiger partial charge in [0.1, 0.15) is 0 Å². The molecule has 0 amide bonds. The lowest BCUT2D eigenvalue weighted by Crippen LogP contribution is -2.45. The standard InChI is InChI=1S/C15H17F7N2.ClH/c16-4-3-13(24-7-5-23-6-8-24)11-2-1-10(14(17,18)19)9-12(11)15(20,21)22;/h1-2,9,13,23H,3-8H2;1H/t13-;/m1./s1. The first-order valence-corrected chi connectivity index (χ1v) is 7.43. The molecule has 0 saturated carbocycles. The molecule has 1 aliphatic heterocycles. The van der Waals surface area contributed by atoms with E-state index >= 15 is 0 Å². The molecule has 2 nitrogen and oxygen atoms in total. The summed E-state index contributed by atoms with van der Waals surface area (Å²) in [5.41, 5.74) is -3.03. The predicted octanol–water partition coefficient (Wildman–Crippen LogP) is 4.45. The smallest absolute Gasteiger partial charge is 0.314 e. The minimum absolute atomic E-state index is 0. The fourth-order valence-corrected chi connectivity index (χ4v) is 2.90. The van der Waals surface area contributed by atoms with Crippen LogP contribution in [0.1, 0.15) is 29.2 Å². The van der Waals surface area contributed by atoms with Gasteiger partial charge in [-0.1, -0.05) is 6.07 Å². The third-order valence-electron chi connectivity index (χ3n) is 4.02. The van der Waals surface area contributed by atoms with Crippen LogP contribution in [0.3, 0.4) is 0 Å². The van der Waals surface area contributed by atoms with E-state index in [0.717, 1.165) is 6.07 Å². The Morgan fingerprint density at radius 1 is 1.00 bits per heavy atom. The summed E-state index contributed by atoms with van der Waals surface area (Å²) in [7, 11) is 0. The van der Waals surface area contributed by atoms with Gasteiger partial charge in [0, 0.05) is 32.2 Å². The lowest BCUT2D eigenvalue weighted by molar-refractivity contribution is -0.143. The molecule has 1 atom stereocenters. The summed E-state index contributed by atoms with van der Waals surface area (Å²) in [6.07, 6.45) is -10.0. The van der Waals surface area contributed by atoms with E-state index in [-0.39, 0.29) is 30.5 Å². The molecule has 1 heterocycles. The molecule has 25 heavy (non-hydrogen) atoms. The molecular formula is C15H18ClF7N2. The molecule has 1 saturated heterocycles. The van der Waals surface area contributed by atoms with Gasteiger partial charge >= 0.3 is 12.4 Å². The van der Waals surface area contributed by atoms with Crippen molar-refractivity contribution in [2.24, 2.45) is 0 Å². The van der Waals surface area contributed by atoms with Crippen LogP contribution in [-0.4, -0.2) is 37.8 Å². The molecular weight excluding hydrogens is 377 g/mol. The van der Waals surface area contributed by atoms with E-state index in [1.165, 1.54) is 0 Å². The van der Waals surface area contributed by atoms with Crippen molar-refractivity contribution >= 4 is 12.4 Å². The third-order valence-corrected chi connectivity index (χ3v) is 4.02. The summed E-state index contributed by atoms with van der Waals surface area (Å²) in [5, 5.41) is 3.03. The molecule has 1 aliphatic rings. The van der Waals surface area contributed by atoms with Gasteiger partial charge in [0.15, 0.2) is 0 Å². The van der Waals surface area contributed by atoms with Gasteiger partial charge in [0.05, 0.1) is 17.8 Å². The SMILES string of the molecule is Cl.FCC[C@H](c1ccc(C(F)(F)F)cc1C(F)(F)F)N1CCNCC1. The fraction of sp³-hybridized carbons (Fsp3) is 0.600. The molecule has 0 spiro atoms. The summed E-state index contributed by atoms with van der Waals surface area (Å²) in [6, 6.07) is 0.658. The first kappa shape index (κ1) is 22.0. The van der Waals surface area contributed by atoms with E-state index in [4.69, 9.17) is 0 Å². The lowest BCUT2D eigenvalue weighted by atomic mass is 9.94. The number of alkyl halides is 7. The molecule has 1 aromatic carbocycles. The highest BCUT2D eigenvalue weighted by Crippen LogP contribution is 2.41. The van der Waals surface area contributed by atoms with Crippen molar-refractivity contribution in [3.8, 4) is 0 Å². The van der Waals surface area contributed by atoms with Crippen LogP contribution < -0.4 is 5.32 Å². The normalized spacial score (nSPS) is 17.9. The zero-order valence-electron chi connectivity index (χ0n) is 13.1. The van der Waals surface area contributed by atoms with E-state index in [0.29, 0.717) is 32.2 Å². The molecule has 0 bridgehead atoms. The first-order valence-electron chi connectivity index (χ1n) is 7.43. The van der Waals surface area contributed by atoms with Gasteiger partial charge in [-0.05, 0) is 24.1 Å². The van der Waals surface area contributed by atoms with Gasteiger partial charge in [0.25, 0.3) is 0 Å². The average Bonchev–Trinajstić information content (AvgIpc) is 2.51. The Bertz CT molecular complexity index is 554. The molecule has 0 aromatic heterocycles. The van der Waals surface area contributed by atoms with E-state index in [2.05, 4.69) is 5.32 Å². The zero-order valence-corrected chi connectivity index (χ0v) is 13.9. The molecule has 144 valence electrons. The van der Waals surface area contributed by atoms with Crippen molar-refractivity contribution in [1.29, 1.82) is 0 Å². The average molecular weight is 395 g/mol. The van der Waals surface area contributed by atoms with Crippen molar-refractivity contribution < 1.29 is 30.7 Å². The maximum Gasteiger partial charge on any atom is 0.416 e. The minimum Gasteiger partial charge on any atom is -0.314 e. The summed E-state index contributed by atoms with van der Waals surface area (Å²) in [4.78, 5) is 1.67. The Kier molecular flexibility index (Phi) is 7.52. The molecule has 0 aliphatic carbocycles. The van der Waals surface area contributed by atoms with Gasteiger partial charge in [-0.3, -0.25) is 9.29 Å². The van der Waals surface area contributed by atoms with E-state index < -0.39 is 36.2 Å². The maximum absolute atomic E-state index is 13.3. The Balaban J connectivity index is 0.00000312. The molecule has 1 aromatic rings. The number of hydrogen-bond donors (Lipinski definition) is 1. The number of benzene rings is 1. The number of hydrogen-bond acceptors (Lipinski definition) is 2. The quantitative estimate of drug-likeness (QED) is 0.759. The number of nitrogens with one attached hydrogen (secondary N) is 1. The van der Waals surface area contributed by atoms with E-state index in [1.54, 1.807) is 4.90 Å². The summed E-state index contributed by atoms with van der Waals surface area (Å²) < 4.78 is 91.0. The van der Waals surface area contributed by atoms with Crippen molar-refractivity contribution in [2.45, 2.75) is 24.8 Å². The first-order chi connectivity index (χ1) is 11.1. The van der Waals surface area contributed by atoms with Crippen LogP contribution in [0.15, 0.2) is 18.2 Å². The number of halogens is 8. The summed E-state index contributed by atoms with van der Waals surface area (Å²) in [5.74, 6) is 0. The minimum atomic E-state index is -4.95. The van der Waals surface area contributed by atoms with Gasteiger partial charge in [-0.2, -0.15) is 26.3 Å². The highest BCUT2D eigenvalue weighted by atomic mass is 35.5. The van der Waals surface area contributed by atoms with E-state index in [9.17, 15) is 30.7 Å². The highest BCUT2D eigenvalue weighted by molar-refractivity contribution is 5.85. The van der Waals surface area contributed by atoms with Crippen LogP contribution in [0.4, 0.5) is 30.7 Å². The molecule has 0 radical (unpaired) electrons. The van der Waals surface area contributed by atoms with Crippen LogP contribution >= 0.6 is 12.4 Å². The Morgan fingerprint density at radius 3 is 2.08 bits per heavy atom. The predicted molar refractivity (Wildman–Crippen MR) is 81.5 cm³/mol. The Labute approximate surface area is 146 Å². The summed E-state index contributed by atoms with van der Waals surface area (Å²) in [6.45, 7) is 1.02. The second-order valence-corrected chi connectivity index (χ2v) is 5.58. The largest absolute Gasteiger partial charge is 0.416 e. The topological polar surface area (TPSA) is 15.3 Å². The highest BCUT2D eigenvalue weighted by Gasteiger charge is 2.40. The molecule has 2 rings (SSSR count). The van der Waals surface area contributed by atoms with Crippen molar-refractivity contribution in [1.82, 2.24) is 10.2 Å². The fourth-order valence-electron chi connectivity index (χ4n) is 2.90. The molecule has 0 unspecified atom stereocenters. The molecule has 10 heteroatoms. The lowest BCUT2D eigenvalue weighted by Gasteiger charge is -2.36. The van der Waals surface area contributed by atoms with Crippen LogP contribution in [0, 0.1) is 0 Å². The molecule has 1 fully saturated rings. The van der Waals surface area contributed by atoms with Crippen molar-refractivity contribution in [3.05, 3.63) is 34.9 Å². The monoisotopic (exact) mass is 394 g/mol. The van der Waals surface area contributed by atoms with Crippen LogP contribution in [0.2, 0.25) is 0 Å². The zero-order chi connectivity index (χ0) is 18.0.